The zero-order valence-corrected chi connectivity index (χ0v) is 9.60. The van der Waals surface area contributed by atoms with E-state index in [1.807, 2.05) is 0 Å². The lowest BCUT2D eigenvalue weighted by molar-refractivity contribution is -0.138. The van der Waals surface area contributed by atoms with Crippen LogP contribution in [0.15, 0.2) is 18.2 Å². The van der Waals surface area contributed by atoms with E-state index >= 15 is 0 Å². The Bertz CT molecular complexity index is 419. The summed E-state index contributed by atoms with van der Waals surface area (Å²) in [6.07, 6.45) is 0.547. The maximum Gasteiger partial charge on any atom is 0.311 e. The van der Waals surface area contributed by atoms with Crippen molar-refractivity contribution in [3.8, 4) is 11.5 Å². The van der Waals surface area contributed by atoms with E-state index in [2.05, 4.69) is 5.32 Å². The van der Waals surface area contributed by atoms with Crippen molar-refractivity contribution in [2.75, 3.05) is 20.4 Å². The van der Waals surface area contributed by atoms with Gasteiger partial charge in [0.1, 0.15) is 0 Å². The molecule has 0 radical (unpaired) electrons. The molecule has 1 aromatic rings. The van der Waals surface area contributed by atoms with Gasteiger partial charge in [-0.05, 0) is 37.7 Å². The van der Waals surface area contributed by atoms with Crippen molar-refractivity contribution >= 4 is 5.97 Å². The number of hydrogen-bond acceptors (Lipinski definition) is 4. The molecular formula is C12H15NO4. The van der Waals surface area contributed by atoms with Gasteiger partial charge in [0.15, 0.2) is 11.5 Å². The fourth-order valence-corrected chi connectivity index (χ4v) is 1.85. The highest BCUT2D eigenvalue weighted by molar-refractivity contribution is 5.76. The van der Waals surface area contributed by atoms with E-state index in [1.165, 1.54) is 0 Å². The Morgan fingerprint density at radius 2 is 2.24 bits per heavy atom. The van der Waals surface area contributed by atoms with Crippen molar-refractivity contribution in [2.24, 2.45) is 0 Å². The van der Waals surface area contributed by atoms with E-state index in [0.29, 0.717) is 24.5 Å². The van der Waals surface area contributed by atoms with Crippen molar-refractivity contribution in [1.82, 2.24) is 5.32 Å². The minimum absolute atomic E-state index is 0.201. The first-order valence-electron chi connectivity index (χ1n) is 5.49. The molecule has 0 saturated carbocycles. The number of benzene rings is 1. The van der Waals surface area contributed by atoms with Gasteiger partial charge in [-0.25, -0.2) is 0 Å². The van der Waals surface area contributed by atoms with Crippen LogP contribution in [0, 0.1) is 0 Å². The highest BCUT2D eigenvalue weighted by atomic mass is 16.7. The van der Waals surface area contributed by atoms with Gasteiger partial charge in [0, 0.05) is 0 Å². The average Bonchev–Trinajstić information content (AvgIpc) is 2.76. The van der Waals surface area contributed by atoms with E-state index in [-0.39, 0.29) is 6.79 Å². The summed E-state index contributed by atoms with van der Waals surface area (Å²) in [5, 5.41) is 12.2. The fraction of sp³-hybridized carbons (Fsp3) is 0.417. The lowest BCUT2D eigenvalue weighted by Gasteiger charge is -2.12. The van der Waals surface area contributed by atoms with Crippen LogP contribution in [0.4, 0.5) is 0 Å². The molecule has 0 amide bonds. The summed E-state index contributed by atoms with van der Waals surface area (Å²) in [5.41, 5.74) is 0.747. The number of carboxylic acid groups (broad SMARTS) is 1. The number of aliphatic carboxylic acids is 1. The number of nitrogens with one attached hydrogen (secondary N) is 1. The predicted octanol–water partition coefficient (Wildman–Crippen LogP) is 1.19. The lowest BCUT2D eigenvalue weighted by Crippen LogP contribution is -2.18. The van der Waals surface area contributed by atoms with Crippen LogP contribution in [0.25, 0.3) is 0 Å². The van der Waals surface area contributed by atoms with E-state index in [1.54, 1.807) is 25.2 Å². The van der Waals surface area contributed by atoms with Crippen LogP contribution in [0.1, 0.15) is 17.9 Å². The van der Waals surface area contributed by atoms with Gasteiger partial charge < -0.3 is 19.9 Å². The van der Waals surface area contributed by atoms with Crippen molar-refractivity contribution < 1.29 is 19.4 Å². The molecule has 0 aromatic heterocycles. The average molecular weight is 237 g/mol. The SMILES string of the molecule is CNCCC(C(=O)O)c1ccc2c(c1)OCO2. The first-order chi connectivity index (χ1) is 8.22. The summed E-state index contributed by atoms with van der Waals surface area (Å²) < 4.78 is 10.4. The van der Waals surface area contributed by atoms with Crippen LogP contribution in [0.2, 0.25) is 0 Å². The van der Waals surface area contributed by atoms with Crippen molar-refractivity contribution in [3.63, 3.8) is 0 Å². The second-order valence-electron chi connectivity index (χ2n) is 3.90. The molecule has 0 bridgehead atoms. The van der Waals surface area contributed by atoms with Gasteiger partial charge in [0.25, 0.3) is 0 Å². The molecule has 2 N–H and O–H groups in total. The van der Waals surface area contributed by atoms with Crippen LogP contribution in [0.3, 0.4) is 0 Å². The number of fused-ring (bicyclic) bond motifs is 1. The Kier molecular flexibility index (Phi) is 3.49. The third-order valence-corrected chi connectivity index (χ3v) is 2.78. The molecule has 0 aliphatic carbocycles. The number of carboxylic acids is 1. The summed E-state index contributed by atoms with van der Waals surface area (Å²) >= 11 is 0. The fourth-order valence-electron chi connectivity index (χ4n) is 1.85. The summed E-state index contributed by atoms with van der Waals surface area (Å²) in [7, 11) is 1.80. The molecule has 1 heterocycles. The molecule has 1 aliphatic heterocycles. The molecule has 0 fully saturated rings. The molecule has 92 valence electrons. The summed E-state index contributed by atoms with van der Waals surface area (Å²) in [4.78, 5) is 11.2. The molecule has 1 aromatic carbocycles. The number of carbonyl (C=O) groups is 1. The predicted molar refractivity (Wildman–Crippen MR) is 61.5 cm³/mol. The molecule has 0 spiro atoms. The Labute approximate surface area is 99.3 Å². The monoisotopic (exact) mass is 237 g/mol. The van der Waals surface area contributed by atoms with Gasteiger partial charge in [0.05, 0.1) is 5.92 Å². The lowest BCUT2D eigenvalue weighted by atomic mass is 9.95. The molecule has 1 unspecified atom stereocenters. The third-order valence-electron chi connectivity index (χ3n) is 2.78. The van der Waals surface area contributed by atoms with Crippen LogP contribution >= 0.6 is 0 Å². The Morgan fingerprint density at radius 3 is 2.94 bits per heavy atom. The van der Waals surface area contributed by atoms with E-state index in [9.17, 15) is 9.90 Å². The maximum absolute atomic E-state index is 11.2. The highest BCUT2D eigenvalue weighted by Crippen LogP contribution is 2.35. The minimum atomic E-state index is -0.820. The summed E-state index contributed by atoms with van der Waals surface area (Å²) in [6.45, 7) is 0.860. The first kappa shape index (κ1) is 11.7. The Hall–Kier alpha value is -1.75. The van der Waals surface area contributed by atoms with E-state index < -0.39 is 11.9 Å². The zero-order valence-electron chi connectivity index (χ0n) is 9.60. The van der Waals surface area contributed by atoms with Crippen molar-refractivity contribution in [2.45, 2.75) is 12.3 Å². The smallest absolute Gasteiger partial charge is 0.311 e. The molecule has 1 atom stereocenters. The van der Waals surface area contributed by atoms with E-state index in [0.717, 1.165) is 5.56 Å². The largest absolute Gasteiger partial charge is 0.481 e. The number of hydrogen-bond donors (Lipinski definition) is 2. The maximum atomic E-state index is 11.2. The van der Waals surface area contributed by atoms with Gasteiger partial charge in [-0.15, -0.1) is 0 Å². The van der Waals surface area contributed by atoms with Crippen molar-refractivity contribution in [1.29, 1.82) is 0 Å². The van der Waals surface area contributed by atoms with Gasteiger partial charge in [-0.2, -0.15) is 0 Å². The molecular weight excluding hydrogens is 222 g/mol. The normalized spacial score (nSPS) is 14.6. The molecule has 1 aliphatic rings. The minimum Gasteiger partial charge on any atom is -0.481 e. The second-order valence-corrected chi connectivity index (χ2v) is 3.90. The molecule has 17 heavy (non-hydrogen) atoms. The van der Waals surface area contributed by atoms with Crippen molar-refractivity contribution in [3.05, 3.63) is 23.8 Å². The van der Waals surface area contributed by atoms with Gasteiger partial charge >= 0.3 is 5.97 Å². The van der Waals surface area contributed by atoms with E-state index in [4.69, 9.17) is 9.47 Å². The highest BCUT2D eigenvalue weighted by Gasteiger charge is 2.22. The van der Waals surface area contributed by atoms with Crippen LogP contribution < -0.4 is 14.8 Å². The topological polar surface area (TPSA) is 67.8 Å². The third kappa shape index (κ3) is 2.50. The molecule has 5 heteroatoms. The van der Waals surface area contributed by atoms with Crippen LogP contribution in [-0.2, 0) is 4.79 Å². The summed E-state index contributed by atoms with van der Waals surface area (Å²) in [6, 6.07) is 5.28. The molecule has 2 rings (SSSR count). The zero-order chi connectivity index (χ0) is 12.3. The quantitative estimate of drug-likeness (QED) is 0.805. The number of ether oxygens (including phenoxy) is 2. The van der Waals surface area contributed by atoms with Gasteiger partial charge in [-0.1, -0.05) is 6.07 Å². The second kappa shape index (κ2) is 5.05. The Balaban J connectivity index is 2.20. The summed E-state index contributed by atoms with van der Waals surface area (Å²) in [5.74, 6) is -0.0409. The van der Waals surface area contributed by atoms with Crippen LogP contribution in [-0.4, -0.2) is 31.5 Å². The molecule has 0 saturated heterocycles. The van der Waals surface area contributed by atoms with Crippen LogP contribution in [0.5, 0.6) is 11.5 Å². The molecule has 5 nitrogen and oxygen atoms in total. The standard InChI is InChI=1S/C12H15NO4/c1-13-5-4-9(12(14)15)8-2-3-10-11(6-8)17-7-16-10/h2-3,6,9,13H,4-5,7H2,1H3,(H,14,15). The van der Waals surface area contributed by atoms with Gasteiger partial charge in [0.2, 0.25) is 6.79 Å². The Morgan fingerprint density at radius 1 is 1.47 bits per heavy atom. The number of rotatable bonds is 5. The first-order valence-corrected chi connectivity index (χ1v) is 5.49. The van der Waals surface area contributed by atoms with Gasteiger partial charge in [-0.3, -0.25) is 4.79 Å².